The van der Waals surface area contributed by atoms with Gasteiger partial charge in [0, 0.05) is 21.9 Å². The maximum atomic E-state index is 11.3. The molecule has 5 nitrogen and oxygen atoms in total. The van der Waals surface area contributed by atoms with Crippen LogP contribution in [0.3, 0.4) is 0 Å². The van der Waals surface area contributed by atoms with E-state index in [0.717, 1.165) is 4.90 Å². The number of nitrogens with one attached hydrogen (secondary N) is 1. The van der Waals surface area contributed by atoms with Gasteiger partial charge in [-0.05, 0) is 12.1 Å². The number of aliphatic hydroxyl groups excluding tert-OH is 1. The number of benzene rings is 1. The highest BCUT2D eigenvalue weighted by Crippen LogP contribution is 2.34. The lowest BCUT2D eigenvalue weighted by Gasteiger charge is -2.04. The number of methoxy groups -OCH3 is 1. The number of hydrogen-bond acceptors (Lipinski definition) is 5. The van der Waals surface area contributed by atoms with E-state index in [-0.39, 0.29) is 5.97 Å². The Hall–Kier alpha value is -1.53. The molecule has 0 aromatic heterocycles. The predicted molar refractivity (Wildman–Crippen MR) is 67.4 cm³/mol. The molecule has 1 unspecified atom stereocenters. The Bertz CT molecular complexity index is 489. The van der Waals surface area contributed by atoms with E-state index < -0.39 is 12.0 Å². The number of carbonyl (C=O) groups is 2. The Morgan fingerprint density at radius 3 is 3.06 bits per heavy atom. The Labute approximate surface area is 109 Å². The van der Waals surface area contributed by atoms with Gasteiger partial charge in [-0.2, -0.15) is 0 Å². The molecule has 0 radical (unpaired) electrons. The van der Waals surface area contributed by atoms with Gasteiger partial charge in [0.1, 0.15) is 0 Å². The zero-order valence-corrected chi connectivity index (χ0v) is 10.6. The highest BCUT2D eigenvalue weighted by Gasteiger charge is 2.28. The van der Waals surface area contributed by atoms with Gasteiger partial charge in [0.15, 0.2) is 6.10 Å². The molecule has 1 amide bonds. The number of aliphatic hydroxyl groups is 1. The number of amides is 1. The minimum atomic E-state index is -1.07. The van der Waals surface area contributed by atoms with Crippen molar-refractivity contribution in [2.75, 3.05) is 18.2 Å². The van der Waals surface area contributed by atoms with Crippen molar-refractivity contribution < 1.29 is 19.4 Å². The quantitative estimate of drug-likeness (QED) is 0.636. The van der Waals surface area contributed by atoms with Crippen molar-refractivity contribution >= 4 is 29.3 Å². The fourth-order valence-electron chi connectivity index (χ4n) is 1.67. The van der Waals surface area contributed by atoms with Gasteiger partial charge in [-0.15, -0.1) is 11.8 Å². The van der Waals surface area contributed by atoms with E-state index in [1.807, 2.05) is 6.07 Å². The first-order valence-electron chi connectivity index (χ1n) is 5.44. The molecule has 1 heterocycles. The summed E-state index contributed by atoms with van der Waals surface area (Å²) < 4.78 is 4.55. The van der Waals surface area contributed by atoms with Gasteiger partial charge in [-0.3, -0.25) is 9.59 Å². The molecule has 0 fully saturated rings. The minimum absolute atomic E-state index is 0.243. The van der Waals surface area contributed by atoms with E-state index >= 15 is 0 Å². The lowest BCUT2D eigenvalue weighted by atomic mass is 10.1. The standard InChI is InChI=1S/C12H13NO4S/c1-17-10(14)4-5-18-7-2-3-8-9(6-7)13-12(16)11(8)15/h2-3,6,11,15H,4-5H2,1H3,(H,13,16). The summed E-state index contributed by atoms with van der Waals surface area (Å²) >= 11 is 1.50. The van der Waals surface area contributed by atoms with Crippen LogP contribution < -0.4 is 5.32 Å². The van der Waals surface area contributed by atoms with Crippen LogP contribution in [0.15, 0.2) is 23.1 Å². The molecule has 0 spiro atoms. The topological polar surface area (TPSA) is 75.6 Å². The zero-order valence-electron chi connectivity index (χ0n) is 9.80. The van der Waals surface area contributed by atoms with Crippen LogP contribution in [0.5, 0.6) is 0 Å². The average Bonchev–Trinajstić information content (AvgIpc) is 2.64. The summed E-state index contributed by atoms with van der Waals surface area (Å²) in [6.45, 7) is 0. The second-order valence-electron chi connectivity index (χ2n) is 3.82. The van der Waals surface area contributed by atoms with E-state index in [1.165, 1.54) is 18.9 Å². The number of anilines is 1. The normalized spacial score (nSPS) is 17.2. The summed E-state index contributed by atoms with van der Waals surface area (Å²) in [6, 6.07) is 5.34. The van der Waals surface area contributed by atoms with Gasteiger partial charge >= 0.3 is 5.97 Å². The molecular formula is C12H13NO4S. The molecule has 0 saturated heterocycles. The van der Waals surface area contributed by atoms with Gasteiger partial charge in [0.05, 0.1) is 13.5 Å². The zero-order chi connectivity index (χ0) is 13.1. The Morgan fingerprint density at radius 1 is 1.56 bits per heavy atom. The molecule has 6 heteroatoms. The van der Waals surface area contributed by atoms with Crippen LogP contribution in [0.4, 0.5) is 5.69 Å². The largest absolute Gasteiger partial charge is 0.469 e. The summed E-state index contributed by atoms with van der Waals surface area (Å²) in [5, 5.41) is 12.1. The third-order valence-electron chi connectivity index (χ3n) is 2.63. The number of hydrogen-bond donors (Lipinski definition) is 2. The molecule has 2 N–H and O–H groups in total. The molecule has 1 atom stereocenters. The van der Waals surface area contributed by atoms with Crippen molar-refractivity contribution in [3.8, 4) is 0 Å². The molecule has 1 aliphatic rings. The first kappa shape index (κ1) is 12.9. The average molecular weight is 267 g/mol. The van der Waals surface area contributed by atoms with Crippen molar-refractivity contribution in [3.05, 3.63) is 23.8 Å². The highest BCUT2D eigenvalue weighted by atomic mass is 32.2. The van der Waals surface area contributed by atoms with E-state index in [4.69, 9.17) is 0 Å². The third-order valence-corrected chi connectivity index (χ3v) is 3.62. The lowest BCUT2D eigenvalue weighted by Crippen LogP contribution is -2.10. The van der Waals surface area contributed by atoms with Gasteiger partial charge in [0.2, 0.25) is 0 Å². The minimum Gasteiger partial charge on any atom is -0.469 e. The Morgan fingerprint density at radius 2 is 2.33 bits per heavy atom. The van der Waals surface area contributed by atoms with Crippen molar-refractivity contribution in [1.29, 1.82) is 0 Å². The number of fused-ring (bicyclic) bond motifs is 1. The lowest BCUT2D eigenvalue weighted by molar-refractivity contribution is -0.140. The van der Waals surface area contributed by atoms with Crippen molar-refractivity contribution in [2.24, 2.45) is 0 Å². The number of carbonyl (C=O) groups excluding carboxylic acids is 2. The summed E-state index contributed by atoms with van der Waals surface area (Å²) in [7, 11) is 1.36. The monoisotopic (exact) mass is 267 g/mol. The summed E-state index contributed by atoms with van der Waals surface area (Å²) in [6.07, 6.45) is -0.734. The molecule has 0 bridgehead atoms. The molecule has 1 aromatic carbocycles. The second kappa shape index (κ2) is 5.41. The number of thioether (sulfide) groups is 1. The fraction of sp³-hybridized carbons (Fsp3) is 0.333. The maximum Gasteiger partial charge on any atom is 0.306 e. The molecule has 1 aliphatic heterocycles. The van der Waals surface area contributed by atoms with Crippen LogP contribution >= 0.6 is 11.8 Å². The van der Waals surface area contributed by atoms with Crippen LogP contribution in [0.1, 0.15) is 18.1 Å². The van der Waals surface area contributed by atoms with Crippen molar-refractivity contribution in [1.82, 2.24) is 0 Å². The number of esters is 1. The van der Waals surface area contributed by atoms with Gasteiger partial charge in [0.25, 0.3) is 5.91 Å². The van der Waals surface area contributed by atoms with Crippen molar-refractivity contribution in [3.63, 3.8) is 0 Å². The summed E-state index contributed by atoms with van der Waals surface area (Å²) in [5.74, 6) is -0.0313. The molecule has 2 rings (SSSR count). The van der Waals surface area contributed by atoms with Crippen molar-refractivity contribution in [2.45, 2.75) is 17.4 Å². The number of ether oxygens (including phenoxy) is 1. The van der Waals surface area contributed by atoms with Crippen LogP contribution in [0, 0.1) is 0 Å². The Kier molecular flexibility index (Phi) is 3.88. The number of rotatable bonds is 4. The molecule has 1 aromatic rings. The summed E-state index contributed by atoms with van der Waals surface area (Å²) in [4.78, 5) is 23.1. The molecule has 0 aliphatic carbocycles. The van der Waals surface area contributed by atoms with Gasteiger partial charge < -0.3 is 15.2 Å². The van der Waals surface area contributed by atoms with Crippen LogP contribution in [-0.4, -0.2) is 29.8 Å². The van der Waals surface area contributed by atoms with E-state index in [9.17, 15) is 14.7 Å². The molecule has 96 valence electrons. The third kappa shape index (κ3) is 2.65. The fourth-order valence-corrected chi connectivity index (χ4v) is 2.54. The van der Waals surface area contributed by atoms with Gasteiger partial charge in [-0.25, -0.2) is 0 Å². The molecular weight excluding hydrogens is 254 g/mol. The predicted octanol–water partition coefficient (Wildman–Crippen LogP) is 1.33. The Balaban J connectivity index is 1.98. The first-order valence-corrected chi connectivity index (χ1v) is 6.43. The maximum absolute atomic E-state index is 11.3. The van der Waals surface area contributed by atoms with E-state index in [0.29, 0.717) is 23.4 Å². The molecule has 0 saturated carbocycles. The SMILES string of the molecule is COC(=O)CCSc1ccc2c(c1)NC(=O)C2O. The van der Waals surface area contributed by atoms with Crippen LogP contribution in [0.25, 0.3) is 0 Å². The highest BCUT2D eigenvalue weighted by molar-refractivity contribution is 7.99. The van der Waals surface area contributed by atoms with Gasteiger partial charge in [-0.1, -0.05) is 6.07 Å². The molecule has 18 heavy (non-hydrogen) atoms. The smallest absolute Gasteiger partial charge is 0.306 e. The summed E-state index contributed by atoms with van der Waals surface area (Å²) in [5.41, 5.74) is 1.23. The van der Waals surface area contributed by atoms with E-state index in [2.05, 4.69) is 10.1 Å². The van der Waals surface area contributed by atoms with Crippen LogP contribution in [-0.2, 0) is 14.3 Å². The second-order valence-corrected chi connectivity index (χ2v) is 4.98. The van der Waals surface area contributed by atoms with Crippen LogP contribution in [0.2, 0.25) is 0 Å². The van der Waals surface area contributed by atoms with E-state index in [1.54, 1.807) is 12.1 Å². The first-order chi connectivity index (χ1) is 8.61.